The molecule has 2 aromatic carbocycles. The Morgan fingerprint density at radius 3 is 2.35 bits per heavy atom. The molecule has 0 saturated heterocycles. The number of carbonyl (C=O) groups excluding carboxylic acids is 1. The Bertz CT molecular complexity index is 599. The van der Waals surface area contributed by atoms with E-state index in [2.05, 4.69) is 10.6 Å². The molecule has 102 valence electrons. The van der Waals surface area contributed by atoms with Crippen LogP contribution in [0.15, 0.2) is 54.6 Å². The van der Waals surface area contributed by atoms with Gasteiger partial charge in [-0.15, -0.1) is 0 Å². The van der Waals surface area contributed by atoms with E-state index < -0.39 is 0 Å². The van der Waals surface area contributed by atoms with Crippen molar-refractivity contribution < 1.29 is 9.18 Å². The molecule has 0 unspecified atom stereocenters. The Hall–Kier alpha value is -2.27. The van der Waals surface area contributed by atoms with Crippen molar-refractivity contribution in [2.24, 2.45) is 0 Å². The minimum atomic E-state index is -0.324. The first-order chi connectivity index (χ1) is 9.63. The molecule has 2 aromatic rings. The number of anilines is 1. The summed E-state index contributed by atoms with van der Waals surface area (Å²) in [5.41, 5.74) is 1.53. The molecule has 0 saturated carbocycles. The van der Waals surface area contributed by atoms with Crippen LogP contribution >= 0.6 is 12.2 Å². The average molecular weight is 288 g/mol. The van der Waals surface area contributed by atoms with Gasteiger partial charge in [0.2, 0.25) is 5.91 Å². The summed E-state index contributed by atoms with van der Waals surface area (Å²) in [6.45, 7) is 0. The first kappa shape index (κ1) is 14.1. The molecular formula is C15H13FN2OS. The number of halogens is 1. The van der Waals surface area contributed by atoms with Crippen molar-refractivity contribution in [3.05, 3.63) is 66.0 Å². The fourth-order valence-electron chi connectivity index (χ4n) is 1.64. The number of nitrogens with one attached hydrogen (secondary N) is 2. The molecule has 0 aliphatic heterocycles. The third kappa shape index (κ3) is 4.44. The Morgan fingerprint density at radius 1 is 1.05 bits per heavy atom. The van der Waals surface area contributed by atoms with Crippen LogP contribution in [0.1, 0.15) is 5.56 Å². The number of hydrogen-bond donors (Lipinski definition) is 2. The van der Waals surface area contributed by atoms with Crippen LogP contribution in [-0.4, -0.2) is 11.0 Å². The van der Waals surface area contributed by atoms with E-state index in [0.29, 0.717) is 0 Å². The van der Waals surface area contributed by atoms with E-state index in [4.69, 9.17) is 12.2 Å². The molecule has 2 rings (SSSR count). The maximum Gasteiger partial charge on any atom is 0.230 e. The zero-order chi connectivity index (χ0) is 14.4. The smallest absolute Gasteiger partial charge is 0.230 e. The molecule has 0 aliphatic carbocycles. The molecule has 3 nitrogen and oxygen atoms in total. The highest BCUT2D eigenvalue weighted by Crippen LogP contribution is 2.05. The zero-order valence-corrected chi connectivity index (χ0v) is 11.4. The van der Waals surface area contributed by atoms with Gasteiger partial charge >= 0.3 is 0 Å². The largest absolute Gasteiger partial charge is 0.332 e. The number of hydrogen-bond acceptors (Lipinski definition) is 2. The summed E-state index contributed by atoms with van der Waals surface area (Å²) in [6, 6.07) is 15.1. The summed E-state index contributed by atoms with van der Waals surface area (Å²) in [6.07, 6.45) is 0.150. The molecule has 0 aliphatic rings. The van der Waals surface area contributed by atoms with Crippen molar-refractivity contribution in [1.29, 1.82) is 0 Å². The van der Waals surface area contributed by atoms with E-state index in [1.807, 2.05) is 30.3 Å². The van der Waals surface area contributed by atoms with E-state index in [9.17, 15) is 9.18 Å². The average Bonchev–Trinajstić information content (AvgIpc) is 2.42. The van der Waals surface area contributed by atoms with Crippen molar-refractivity contribution in [3.8, 4) is 0 Å². The van der Waals surface area contributed by atoms with Gasteiger partial charge in [0.15, 0.2) is 5.11 Å². The second-order valence-corrected chi connectivity index (χ2v) is 4.58. The molecule has 1 amide bonds. The van der Waals surface area contributed by atoms with Crippen LogP contribution in [0, 0.1) is 5.82 Å². The third-order valence-corrected chi connectivity index (χ3v) is 2.77. The molecule has 0 heterocycles. The molecule has 0 atom stereocenters. The van der Waals surface area contributed by atoms with Crippen LogP contribution in [0.25, 0.3) is 0 Å². The highest BCUT2D eigenvalue weighted by atomic mass is 32.1. The lowest BCUT2D eigenvalue weighted by atomic mass is 10.1. The molecule has 0 spiro atoms. The summed E-state index contributed by atoms with van der Waals surface area (Å²) >= 11 is 5.05. The van der Waals surface area contributed by atoms with E-state index in [0.717, 1.165) is 11.3 Å². The minimum Gasteiger partial charge on any atom is -0.332 e. The molecular weight excluding hydrogens is 275 g/mol. The molecule has 0 radical (unpaired) electrons. The molecule has 0 bridgehead atoms. The van der Waals surface area contributed by atoms with Crippen molar-refractivity contribution in [2.45, 2.75) is 6.42 Å². The van der Waals surface area contributed by atoms with Gasteiger partial charge in [-0.05, 0) is 42.0 Å². The van der Waals surface area contributed by atoms with Gasteiger partial charge in [-0.25, -0.2) is 4.39 Å². The minimum absolute atomic E-state index is 0.150. The zero-order valence-electron chi connectivity index (χ0n) is 10.6. The van der Waals surface area contributed by atoms with Gasteiger partial charge in [-0.1, -0.05) is 30.3 Å². The Morgan fingerprint density at radius 2 is 1.70 bits per heavy atom. The number of benzene rings is 2. The summed E-state index contributed by atoms with van der Waals surface area (Å²) < 4.78 is 12.7. The Balaban J connectivity index is 1.85. The number of amides is 1. The van der Waals surface area contributed by atoms with Crippen LogP contribution in [0.4, 0.5) is 10.1 Å². The highest BCUT2D eigenvalue weighted by molar-refractivity contribution is 7.80. The predicted molar refractivity (Wildman–Crippen MR) is 80.9 cm³/mol. The summed E-state index contributed by atoms with van der Waals surface area (Å²) in [5.74, 6) is -0.569. The van der Waals surface area contributed by atoms with Crippen LogP contribution in [0.2, 0.25) is 0 Å². The fourth-order valence-corrected chi connectivity index (χ4v) is 1.87. The number of para-hydroxylation sites is 1. The van der Waals surface area contributed by atoms with Crippen LogP contribution in [0.5, 0.6) is 0 Å². The van der Waals surface area contributed by atoms with Gasteiger partial charge in [0.05, 0.1) is 6.42 Å². The van der Waals surface area contributed by atoms with Crippen LogP contribution < -0.4 is 10.6 Å². The summed E-state index contributed by atoms with van der Waals surface area (Å²) in [7, 11) is 0. The van der Waals surface area contributed by atoms with E-state index in [1.165, 1.54) is 12.1 Å². The first-order valence-electron chi connectivity index (χ1n) is 6.04. The van der Waals surface area contributed by atoms with Gasteiger partial charge in [-0.3, -0.25) is 4.79 Å². The monoisotopic (exact) mass is 288 g/mol. The number of thiocarbonyl (C=S) groups is 1. The van der Waals surface area contributed by atoms with Gasteiger partial charge in [0.1, 0.15) is 5.82 Å². The van der Waals surface area contributed by atoms with Crippen LogP contribution in [-0.2, 0) is 11.2 Å². The Labute approximate surface area is 121 Å². The van der Waals surface area contributed by atoms with Gasteiger partial charge < -0.3 is 10.6 Å². The van der Waals surface area contributed by atoms with E-state index in [-0.39, 0.29) is 23.3 Å². The lowest BCUT2D eigenvalue weighted by Gasteiger charge is -2.09. The molecule has 5 heteroatoms. The van der Waals surface area contributed by atoms with Crippen LogP contribution in [0.3, 0.4) is 0 Å². The summed E-state index contributed by atoms with van der Waals surface area (Å²) in [4.78, 5) is 11.8. The molecule has 2 N–H and O–H groups in total. The van der Waals surface area contributed by atoms with E-state index >= 15 is 0 Å². The number of rotatable bonds is 3. The second kappa shape index (κ2) is 6.77. The fraction of sp³-hybridized carbons (Fsp3) is 0.0667. The maximum absolute atomic E-state index is 12.7. The quantitative estimate of drug-likeness (QED) is 0.853. The second-order valence-electron chi connectivity index (χ2n) is 4.17. The maximum atomic E-state index is 12.7. The van der Waals surface area contributed by atoms with Gasteiger partial charge in [0.25, 0.3) is 0 Å². The van der Waals surface area contributed by atoms with Crippen molar-refractivity contribution in [3.63, 3.8) is 0 Å². The predicted octanol–water partition coefficient (Wildman–Crippen LogP) is 2.88. The Kier molecular flexibility index (Phi) is 4.79. The lowest BCUT2D eigenvalue weighted by molar-refractivity contribution is -0.119. The van der Waals surface area contributed by atoms with Gasteiger partial charge in [-0.2, -0.15) is 0 Å². The molecule has 0 fully saturated rings. The van der Waals surface area contributed by atoms with E-state index in [1.54, 1.807) is 12.1 Å². The van der Waals surface area contributed by atoms with Crippen molar-refractivity contribution in [1.82, 2.24) is 5.32 Å². The van der Waals surface area contributed by atoms with Crippen molar-refractivity contribution >= 4 is 28.9 Å². The van der Waals surface area contributed by atoms with Gasteiger partial charge in [0, 0.05) is 5.69 Å². The highest BCUT2D eigenvalue weighted by Gasteiger charge is 2.06. The third-order valence-electron chi connectivity index (χ3n) is 2.56. The topological polar surface area (TPSA) is 41.1 Å². The first-order valence-corrected chi connectivity index (χ1v) is 6.44. The normalized spacial score (nSPS) is 9.85. The molecule has 20 heavy (non-hydrogen) atoms. The molecule has 0 aromatic heterocycles. The standard InChI is InChI=1S/C15H13FN2OS/c16-12-8-6-11(7-9-12)10-14(19)18-15(20)17-13-4-2-1-3-5-13/h1-9H,10H2,(H2,17,18,19,20). The SMILES string of the molecule is O=C(Cc1ccc(F)cc1)NC(=S)Nc1ccccc1. The number of carbonyl (C=O) groups is 1. The summed E-state index contributed by atoms with van der Waals surface area (Å²) in [5, 5.41) is 5.73. The lowest BCUT2D eigenvalue weighted by Crippen LogP contribution is -2.35. The van der Waals surface area contributed by atoms with Crippen molar-refractivity contribution in [2.75, 3.05) is 5.32 Å².